The van der Waals surface area contributed by atoms with Crippen LogP contribution in [-0.2, 0) is 4.79 Å². The van der Waals surface area contributed by atoms with Crippen molar-refractivity contribution in [2.24, 2.45) is 5.92 Å². The maximum absolute atomic E-state index is 11.9. The van der Waals surface area contributed by atoms with E-state index < -0.39 is 0 Å². The molecule has 20 heavy (non-hydrogen) atoms. The third-order valence-electron chi connectivity index (χ3n) is 4.44. The number of nitrogens with one attached hydrogen (secondary N) is 2. The van der Waals surface area contributed by atoms with Gasteiger partial charge in [-0.25, -0.2) is 0 Å². The Balaban J connectivity index is 1.92. The summed E-state index contributed by atoms with van der Waals surface area (Å²) in [6.45, 7) is 4.46. The van der Waals surface area contributed by atoms with E-state index in [0.29, 0.717) is 0 Å². The monoisotopic (exact) mass is 337 g/mol. The minimum absolute atomic E-state index is 0.0272. The molecule has 0 spiro atoms. The van der Waals surface area contributed by atoms with Crippen molar-refractivity contribution >= 4 is 33.2 Å². The third-order valence-corrected chi connectivity index (χ3v) is 5.08. The van der Waals surface area contributed by atoms with Gasteiger partial charge in [0.25, 0.3) is 0 Å². The highest BCUT2D eigenvalue weighted by molar-refractivity contribution is 9.10. The van der Waals surface area contributed by atoms with Crippen molar-refractivity contribution in [3.05, 3.63) is 22.2 Å². The van der Waals surface area contributed by atoms with Gasteiger partial charge in [-0.3, -0.25) is 4.79 Å². The lowest BCUT2D eigenvalue weighted by Crippen LogP contribution is -2.23. The van der Waals surface area contributed by atoms with Crippen LogP contribution in [0.15, 0.2) is 16.6 Å². The van der Waals surface area contributed by atoms with Crippen LogP contribution in [0.2, 0.25) is 0 Å². The minimum Gasteiger partial charge on any atom is -0.370 e. The average Bonchev–Trinajstić information content (AvgIpc) is 3.01. The standard InChI is InChI=1S/C15H20BrN3O/c1-3-9-4-5-19(8-9)13-7-12-10(6-11(13)16)14(17-2)15(20)18-12/h6-7,9,14,17H,3-5,8H2,1-2H3,(H,18,20). The SMILES string of the molecule is CCC1CCN(c2cc3c(cc2Br)C(NC)C(=O)N3)C1. The van der Waals surface area contributed by atoms with Crippen molar-refractivity contribution in [1.82, 2.24) is 5.32 Å². The lowest BCUT2D eigenvalue weighted by Gasteiger charge is -2.21. The van der Waals surface area contributed by atoms with E-state index in [-0.39, 0.29) is 11.9 Å². The average molecular weight is 338 g/mol. The number of rotatable bonds is 3. The van der Waals surface area contributed by atoms with Gasteiger partial charge >= 0.3 is 0 Å². The van der Waals surface area contributed by atoms with Crippen LogP contribution in [0.25, 0.3) is 0 Å². The van der Waals surface area contributed by atoms with Crippen LogP contribution in [0.5, 0.6) is 0 Å². The molecule has 2 atom stereocenters. The smallest absolute Gasteiger partial charge is 0.246 e. The molecule has 0 saturated carbocycles. The molecular weight excluding hydrogens is 318 g/mol. The molecule has 3 rings (SSSR count). The number of fused-ring (bicyclic) bond motifs is 1. The van der Waals surface area contributed by atoms with Crippen LogP contribution in [-0.4, -0.2) is 26.0 Å². The van der Waals surface area contributed by atoms with Crippen molar-refractivity contribution in [3.8, 4) is 0 Å². The number of amides is 1. The minimum atomic E-state index is -0.239. The molecule has 5 heteroatoms. The molecule has 0 bridgehead atoms. The summed E-state index contributed by atoms with van der Waals surface area (Å²) >= 11 is 3.67. The first-order valence-electron chi connectivity index (χ1n) is 7.20. The van der Waals surface area contributed by atoms with E-state index in [1.165, 1.54) is 18.5 Å². The molecule has 0 aliphatic carbocycles. The zero-order chi connectivity index (χ0) is 14.3. The van der Waals surface area contributed by atoms with Gasteiger partial charge in [0.15, 0.2) is 0 Å². The third kappa shape index (κ3) is 2.23. The lowest BCUT2D eigenvalue weighted by atomic mass is 10.1. The molecule has 2 N–H and O–H groups in total. The molecule has 2 unspecified atom stereocenters. The molecule has 0 aromatic heterocycles. The number of benzene rings is 1. The summed E-state index contributed by atoms with van der Waals surface area (Å²) in [7, 11) is 1.81. The first kappa shape index (κ1) is 13.9. The van der Waals surface area contributed by atoms with Crippen molar-refractivity contribution in [2.45, 2.75) is 25.8 Å². The number of hydrogen-bond donors (Lipinski definition) is 2. The number of carbonyl (C=O) groups is 1. The molecule has 0 radical (unpaired) electrons. The van der Waals surface area contributed by atoms with E-state index in [9.17, 15) is 4.79 Å². The van der Waals surface area contributed by atoms with Crippen LogP contribution in [0.4, 0.5) is 11.4 Å². The summed E-state index contributed by atoms with van der Waals surface area (Å²) < 4.78 is 1.07. The number of carbonyl (C=O) groups excluding carboxylic acids is 1. The van der Waals surface area contributed by atoms with Gasteiger partial charge in [-0.1, -0.05) is 13.3 Å². The largest absolute Gasteiger partial charge is 0.370 e. The van der Waals surface area contributed by atoms with Gasteiger partial charge in [-0.15, -0.1) is 0 Å². The van der Waals surface area contributed by atoms with E-state index in [4.69, 9.17) is 0 Å². The van der Waals surface area contributed by atoms with E-state index in [2.05, 4.69) is 50.5 Å². The second kappa shape index (κ2) is 5.37. The maximum Gasteiger partial charge on any atom is 0.246 e. The van der Waals surface area contributed by atoms with Crippen LogP contribution in [0, 0.1) is 5.92 Å². The molecule has 2 heterocycles. The highest BCUT2D eigenvalue weighted by Gasteiger charge is 2.31. The maximum atomic E-state index is 11.9. The van der Waals surface area contributed by atoms with Gasteiger partial charge in [0.2, 0.25) is 5.91 Å². The second-order valence-electron chi connectivity index (χ2n) is 5.61. The first-order chi connectivity index (χ1) is 9.63. The van der Waals surface area contributed by atoms with Gasteiger partial charge < -0.3 is 15.5 Å². The Morgan fingerprint density at radius 2 is 2.30 bits per heavy atom. The molecule has 1 saturated heterocycles. The predicted octanol–water partition coefficient (Wildman–Crippen LogP) is 2.90. The highest BCUT2D eigenvalue weighted by Crippen LogP contribution is 2.40. The molecule has 2 aliphatic heterocycles. The van der Waals surface area contributed by atoms with E-state index in [1.807, 2.05) is 7.05 Å². The number of nitrogens with zero attached hydrogens (tertiary/aromatic N) is 1. The molecule has 1 amide bonds. The van der Waals surface area contributed by atoms with Gasteiger partial charge in [0.1, 0.15) is 6.04 Å². The first-order valence-corrected chi connectivity index (χ1v) is 7.99. The summed E-state index contributed by atoms with van der Waals surface area (Å²) in [5, 5.41) is 6.02. The Labute approximate surface area is 128 Å². The zero-order valence-corrected chi connectivity index (χ0v) is 13.5. The molecule has 1 aromatic carbocycles. The fraction of sp³-hybridized carbons (Fsp3) is 0.533. The summed E-state index contributed by atoms with van der Waals surface area (Å²) in [4.78, 5) is 14.3. The van der Waals surface area contributed by atoms with Crippen LogP contribution < -0.4 is 15.5 Å². The van der Waals surface area contributed by atoms with E-state index in [1.54, 1.807) is 0 Å². The number of anilines is 2. The molecular formula is C15H20BrN3O. The van der Waals surface area contributed by atoms with Crippen LogP contribution >= 0.6 is 15.9 Å². The van der Waals surface area contributed by atoms with Crippen LogP contribution in [0.3, 0.4) is 0 Å². The second-order valence-corrected chi connectivity index (χ2v) is 6.47. The van der Waals surface area contributed by atoms with E-state index >= 15 is 0 Å². The summed E-state index contributed by atoms with van der Waals surface area (Å²) in [5.74, 6) is 0.814. The molecule has 1 aromatic rings. The Bertz CT molecular complexity index is 546. The zero-order valence-electron chi connectivity index (χ0n) is 11.9. The van der Waals surface area contributed by atoms with Gasteiger partial charge in [-0.05, 0) is 47.4 Å². The van der Waals surface area contributed by atoms with Crippen molar-refractivity contribution in [3.63, 3.8) is 0 Å². The van der Waals surface area contributed by atoms with Gasteiger partial charge in [0.05, 0.1) is 5.69 Å². The summed E-state index contributed by atoms with van der Waals surface area (Å²) in [6.07, 6.45) is 2.49. The normalized spacial score (nSPS) is 24.9. The number of likely N-dealkylation sites (N-methyl/N-ethyl adjacent to an activating group) is 1. The van der Waals surface area contributed by atoms with Crippen molar-refractivity contribution in [2.75, 3.05) is 30.4 Å². The number of hydrogen-bond acceptors (Lipinski definition) is 3. The van der Waals surface area contributed by atoms with Crippen molar-refractivity contribution < 1.29 is 4.79 Å². The summed E-state index contributed by atoms with van der Waals surface area (Å²) in [5.41, 5.74) is 3.16. The quantitative estimate of drug-likeness (QED) is 0.891. The fourth-order valence-electron chi connectivity index (χ4n) is 3.18. The summed E-state index contributed by atoms with van der Waals surface area (Å²) in [6, 6.07) is 3.94. The Hall–Kier alpha value is -1.07. The fourth-order valence-corrected chi connectivity index (χ4v) is 3.80. The molecule has 4 nitrogen and oxygen atoms in total. The van der Waals surface area contributed by atoms with Gasteiger partial charge in [-0.2, -0.15) is 0 Å². The predicted molar refractivity (Wildman–Crippen MR) is 85.2 cm³/mol. The molecule has 2 aliphatic rings. The van der Waals surface area contributed by atoms with E-state index in [0.717, 1.165) is 34.7 Å². The molecule has 1 fully saturated rings. The molecule has 108 valence electrons. The van der Waals surface area contributed by atoms with Gasteiger partial charge in [0, 0.05) is 28.8 Å². The highest BCUT2D eigenvalue weighted by atomic mass is 79.9. The number of halogens is 1. The van der Waals surface area contributed by atoms with Crippen LogP contribution in [0.1, 0.15) is 31.4 Å². The Kier molecular flexibility index (Phi) is 3.73. The topological polar surface area (TPSA) is 44.4 Å². The Morgan fingerprint density at radius 1 is 1.50 bits per heavy atom. The Morgan fingerprint density at radius 3 is 2.95 bits per heavy atom. The lowest BCUT2D eigenvalue weighted by molar-refractivity contribution is -0.117. The van der Waals surface area contributed by atoms with Crippen molar-refractivity contribution in [1.29, 1.82) is 0 Å².